The second kappa shape index (κ2) is 6.08. The molecule has 0 aromatic heterocycles. The van der Waals surface area contributed by atoms with Crippen molar-refractivity contribution in [2.45, 2.75) is 45.2 Å². The van der Waals surface area contributed by atoms with Gasteiger partial charge in [-0.05, 0) is 19.8 Å². The van der Waals surface area contributed by atoms with Crippen molar-refractivity contribution in [2.24, 2.45) is 5.73 Å². The summed E-state index contributed by atoms with van der Waals surface area (Å²) >= 11 is 0. The average Bonchev–Trinajstić information content (AvgIpc) is 2.51. The number of hydrogen-bond acceptors (Lipinski definition) is 3. The van der Waals surface area contributed by atoms with E-state index < -0.39 is 0 Å². The normalized spacial score (nSPS) is 24.1. The fraction of sp³-hybridized carbons (Fsp3) is 0.909. The first-order valence-corrected chi connectivity index (χ1v) is 5.89. The minimum atomic E-state index is 0.130. The van der Waals surface area contributed by atoms with Crippen molar-refractivity contribution in [3.05, 3.63) is 0 Å². The summed E-state index contributed by atoms with van der Waals surface area (Å²) in [6, 6.07) is 0.546. The van der Waals surface area contributed by atoms with Gasteiger partial charge in [-0.25, -0.2) is 0 Å². The zero-order valence-electron chi connectivity index (χ0n) is 9.83. The third-order valence-electron chi connectivity index (χ3n) is 2.81. The molecule has 1 saturated heterocycles. The van der Waals surface area contributed by atoms with Gasteiger partial charge >= 0.3 is 0 Å². The van der Waals surface area contributed by atoms with Crippen LogP contribution in [-0.4, -0.2) is 42.5 Å². The van der Waals surface area contributed by atoms with Crippen LogP contribution in [0.3, 0.4) is 0 Å². The van der Waals surface area contributed by atoms with Crippen molar-refractivity contribution >= 4 is 5.91 Å². The Morgan fingerprint density at radius 3 is 2.93 bits per heavy atom. The van der Waals surface area contributed by atoms with E-state index in [1.165, 1.54) is 0 Å². The molecular weight excluding hydrogens is 190 g/mol. The standard InChI is InChI=1S/C11H23N3O/c1-3-4-9(2)13-11(15)8-14-6-5-10(12)7-14/h9-10H,3-8,12H2,1-2H3,(H,13,15)/t9?,10-/m0/s1. The van der Waals surface area contributed by atoms with Gasteiger partial charge in [0, 0.05) is 25.2 Å². The molecule has 1 fully saturated rings. The molecule has 0 spiro atoms. The highest BCUT2D eigenvalue weighted by atomic mass is 16.2. The predicted octanol–water partition coefficient (Wildman–Crippen LogP) is 0.324. The molecule has 0 aliphatic carbocycles. The minimum absolute atomic E-state index is 0.130. The smallest absolute Gasteiger partial charge is 0.234 e. The largest absolute Gasteiger partial charge is 0.353 e. The van der Waals surface area contributed by atoms with Crippen molar-refractivity contribution in [3.63, 3.8) is 0 Å². The van der Waals surface area contributed by atoms with E-state index in [1.54, 1.807) is 0 Å². The summed E-state index contributed by atoms with van der Waals surface area (Å²) in [7, 11) is 0. The summed E-state index contributed by atoms with van der Waals surface area (Å²) in [5.74, 6) is 0.130. The van der Waals surface area contributed by atoms with Crippen LogP contribution < -0.4 is 11.1 Å². The Hall–Kier alpha value is -0.610. The molecule has 15 heavy (non-hydrogen) atoms. The SMILES string of the molecule is CCCC(C)NC(=O)CN1CC[C@H](N)C1. The van der Waals surface area contributed by atoms with Gasteiger partial charge < -0.3 is 11.1 Å². The van der Waals surface area contributed by atoms with Crippen LogP contribution in [0.25, 0.3) is 0 Å². The Morgan fingerprint density at radius 1 is 1.67 bits per heavy atom. The maximum Gasteiger partial charge on any atom is 0.234 e. The molecule has 88 valence electrons. The zero-order valence-corrected chi connectivity index (χ0v) is 9.83. The maximum absolute atomic E-state index is 11.6. The molecule has 0 aromatic carbocycles. The number of carbonyl (C=O) groups excluding carboxylic acids is 1. The first-order valence-electron chi connectivity index (χ1n) is 5.89. The topological polar surface area (TPSA) is 58.4 Å². The second-order valence-electron chi connectivity index (χ2n) is 4.54. The summed E-state index contributed by atoms with van der Waals surface area (Å²) in [6.45, 7) is 6.49. The van der Waals surface area contributed by atoms with Crippen LogP contribution in [-0.2, 0) is 4.79 Å². The van der Waals surface area contributed by atoms with E-state index in [9.17, 15) is 4.79 Å². The monoisotopic (exact) mass is 213 g/mol. The van der Waals surface area contributed by atoms with Gasteiger partial charge in [0.05, 0.1) is 6.54 Å². The van der Waals surface area contributed by atoms with E-state index in [4.69, 9.17) is 5.73 Å². The van der Waals surface area contributed by atoms with E-state index in [1.807, 2.05) is 0 Å². The van der Waals surface area contributed by atoms with Crippen molar-refractivity contribution in [1.29, 1.82) is 0 Å². The number of nitrogens with one attached hydrogen (secondary N) is 1. The van der Waals surface area contributed by atoms with Gasteiger partial charge in [-0.2, -0.15) is 0 Å². The molecule has 4 nitrogen and oxygen atoms in total. The molecule has 1 aliphatic rings. The van der Waals surface area contributed by atoms with E-state index in [0.29, 0.717) is 12.6 Å². The lowest BCUT2D eigenvalue weighted by Crippen LogP contribution is -2.40. The number of rotatable bonds is 5. The lowest BCUT2D eigenvalue weighted by atomic mass is 10.2. The number of amides is 1. The Balaban J connectivity index is 2.18. The lowest BCUT2D eigenvalue weighted by Gasteiger charge is -2.17. The van der Waals surface area contributed by atoms with Crippen LogP contribution in [0.1, 0.15) is 33.1 Å². The maximum atomic E-state index is 11.6. The summed E-state index contributed by atoms with van der Waals surface area (Å²) < 4.78 is 0. The zero-order chi connectivity index (χ0) is 11.3. The lowest BCUT2D eigenvalue weighted by molar-refractivity contribution is -0.122. The Morgan fingerprint density at radius 2 is 2.40 bits per heavy atom. The Labute approximate surface area is 92.2 Å². The summed E-state index contributed by atoms with van der Waals surface area (Å²) in [5.41, 5.74) is 5.78. The summed E-state index contributed by atoms with van der Waals surface area (Å²) in [6.07, 6.45) is 3.17. The van der Waals surface area contributed by atoms with Gasteiger partial charge in [0.1, 0.15) is 0 Å². The van der Waals surface area contributed by atoms with E-state index in [0.717, 1.165) is 32.4 Å². The number of nitrogens with zero attached hydrogens (tertiary/aromatic N) is 1. The van der Waals surface area contributed by atoms with Gasteiger partial charge in [-0.15, -0.1) is 0 Å². The van der Waals surface area contributed by atoms with Crippen LogP contribution >= 0.6 is 0 Å². The Kier molecular flexibility index (Phi) is 5.05. The highest BCUT2D eigenvalue weighted by molar-refractivity contribution is 5.78. The minimum Gasteiger partial charge on any atom is -0.353 e. The molecule has 0 saturated carbocycles. The van der Waals surface area contributed by atoms with Crippen LogP contribution in [0, 0.1) is 0 Å². The summed E-state index contributed by atoms with van der Waals surface area (Å²) in [5, 5.41) is 3.00. The number of hydrogen-bond donors (Lipinski definition) is 2. The molecule has 1 unspecified atom stereocenters. The van der Waals surface area contributed by atoms with Crippen LogP contribution in [0.15, 0.2) is 0 Å². The van der Waals surface area contributed by atoms with Crippen LogP contribution in [0.2, 0.25) is 0 Å². The molecule has 1 heterocycles. The Bertz CT molecular complexity index is 208. The molecule has 4 heteroatoms. The van der Waals surface area contributed by atoms with Gasteiger partial charge in [-0.1, -0.05) is 13.3 Å². The molecule has 1 rings (SSSR count). The van der Waals surface area contributed by atoms with Crippen LogP contribution in [0.4, 0.5) is 0 Å². The predicted molar refractivity (Wildman–Crippen MR) is 61.5 cm³/mol. The molecule has 3 N–H and O–H groups in total. The van der Waals surface area contributed by atoms with E-state index >= 15 is 0 Å². The van der Waals surface area contributed by atoms with Crippen molar-refractivity contribution in [3.8, 4) is 0 Å². The van der Waals surface area contributed by atoms with Gasteiger partial charge in [-0.3, -0.25) is 9.69 Å². The third kappa shape index (κ3) is 4.62. The third-order valence-corrected chi connectivity index (χ3v) is 2.81. The molecule has 1 aliphatic heterocycles. The molecule has 0 radical (unpaired) electrons. The molecule has 0 bridgehead atoms. The first-order chi connectivity index (χ1) is 7.11. The fourth-order valence-electron chi connectivity index (χ4n) is 2.03. The summed E-state index contributed by atoms with van der Waals surface area (Å²) in [4.78, 5) is 13.7. The van der Waals surface area contributed by atoms with E-state index in [-0.39, 0.29) is 11.9 Å². The molecule has 2 atom stereocenters. The second-order valence-corrected chi connectivity index (χ2v) is 4.54. The van der Waals surface area contributed by atoms with Gasteiger partial charge in [0.25, 0.3) is 0 Å². The van der Waals surface area contributed by atoms with Crippen LogP contribution in [0.5, 0.6) is 0 Å². The van der Waals surface area contributed by atoms with Gasteiger partial charge in [0.2, 0.25) is 5.91 Å². The molecule has 0 aromatic rings. The molecule has 1 amide bonds. The first kappa shape index (κ1) is 12.5. The highest BCUT2D eigenvalue weighted by Gasteiger charge is 2.21. The average molecular weight is 213 g/mol. The van der Waals surface area contributed by atoms with Crippen molar-refractivity contribution < 1.29 is 4.79 Å². The molecular formula is C11H23N3O. The van der Waals surface area contributed by atoms with Crippen molar-refractivity contribution in [1.82, 2.24) is 10.2 Å². The quantitative estimate of drug-likeness (QED) is 0.691. The highest BCUT2D eigenvalue weighted by Crippen LogP contribution is 2.05. The van der Waals surface area contributed by atoms with Gasteiger partial charge in [0.15, 0.2) is 0 Å². The number of likely N-dealkylation sites (tertiary alicyclic amines) is 1. The number of carbonyl (C=O) groups is 1. The number of nitrogens with two attached hydrogens (primary N) is 1. The van der Waals surface area contributed by atoms with Crippen molar-refractivity contribution in [2.75, 3.05) is 19.6 Å². The van der Waals surface area contributed by atoms with E-state index in [2.05, 4.69) is 24.1 Å². The fourth-order valence-corrected chi connectivity index (χ4v) is 2.03.